The average Bonchev–Trinajstić information content (AvgIpc) is 2.58. The van der Waals surface area contributed by atoms with Crippen molar-refractivity contribution in [3.05, 3.63) is 48.0 Å². The molecule has 0 bridgehead atoms. The van der Waals surface area contributed by atoms with Crippen LogP contribution in [0.2, 0.25) is 0 Å². The first kappa shape index (κ1) is 16.2. The molecule has 0 atom stereocenters. The second-order valence-corrected chi connectivity index (χ2v) is 5.48. The van der Waals surface area contributed by atoms with E-state index in [1.807, 2.05) is 57.2 Å². The van der Waals surface area contributed by atoms with E-state index >= 15 is 0 Å². The molecule has 0 radical (unpaired) electrons. The highest BCUT2D eigenvalue weighted by Gasteiger charge is 2.28. The minimum absolute atomic E-state index is 0.391. The number of aliphatic imine (C=N–C) groups is 1. The van der Waals surface area contributed by atoms with Crippen LogP contribution >= 0.6 is 0 Å². The molecule has 1 amide bonds. The third kappa shape index (κ3) is 3.73. The van der Waals surface area contributed by atoms with Gasteiger partial charge in [0, 0.05) is 6.21 Å². The molecule has 0 fully saturated rings. The molecule has 22 heavy (non-hydrogen) atoms. The second kappa shape index (κ2) is 7.21. The van der Waals surface area contributed by atoms with Gasteiger partial charge in [-0.3, -0.25) is 0 Å². The first-order chi connectivity index (χ1) is 10.6. The summed E-state index contributed by atoms with van der Waals surface area (Å²) in [5.74, 6) is 0. The fraction of sp³-hybridized carbons (Fsp3) is 0.368. The summed E-state index contributed by atoms with van der Waals surface area (Å²) in [7, 11) is 0. The highest BCUT2D eigenvalue weighted by Crippen LogP contribution is 2.25. The summed E-state index contributed by atoms with van der Waals surface area (Å²) >= 11 is 0. The van der Waals surface area contributed by atoms with Crippen LogP contribution in [0.25, 0.3) is 10.8 Å². The van der Waals surface area contributed by atoms with Gasteiger partial charge in [-0.05, 0) is 41.7 Å². The third-order valence-corrected chi connectivity index (χ3v) is 4.33. The third-order valence-electron chi connectivity index (χ3n) is 4.33. The van der Waals surface area contributed by atoms with Crippen LogP contribution in [0.1, 0.15) is 45.6 Å². The number of amides is 1. The molecule has 0 spiro atoms. The molecule has 116 valence electrons. The van der Waals surface area contributed by atoms with Crippen molar-refractivity contribution in [2.45, 2.75) is 45.6 Å². The lowest BCUT2D eigenvalue weighted by Crippen LogP contribution is -2.32. The molecule has 2 aromatic rings. The average molecular weight is 297 g/mol. The van der Waals surface area contributed by atoms with Gasteiger partial charge in [0.05, 0.1) is 0 Å². The molecule has 3 heteroatoms. The Morgan fingerprint density at radius 3 is 2.32 bits per heavy atom. The van der Waals surface area contributed by atoms with Crippen LogP contribution in [0.3, 0.4) is 0 Å². The lowest BCUT2D eigenvalue weighted by atomic mass is 9.94. The van der Waals surface area contributed by atoms with Gasteiger partial charge in [-0.25, -0.2) is 4.79 Å². The van der Waals surface area contributed by atoms with E-state index in [-0.39, 0.29) is 0 Å². The Balaban J connectivity index is 2.11. The molecular formula is C19H23NO2. The summed E-state index contributed by atoms with van der Waals surface area (Å²) < 4.78 is 5.56. The second-order valence-electron chi connectivity index (χ2n) is 5.48. The summed E-state index contributed by atoms with van der Waals surface area (Å²) in [5.41, 5.74) is 0.503. The van der Waals surface area contributed by atoms with Gasteiger partial charge in [0.15, 0.2) is 0 Å². The van der Waals surface area contributed by atoms with Crippen LogP contribution in [-0.2, 0) is 4.74 Å². The number of fused-ring (bicyclic) bond motifs is 1. The topological polar surface area (TPSA) is 38.7 Å². The van der Waals surface area contributed by atoms with Crippen LogP contribution < -0.4 is 0 Å². The fourth-order valence-electron chi connectivity index (χ4n) is 2.59. The van der Waals surface area contributed by atoms with Crippen molar-refractivity contribution < 1.29 is 9.53 Å². The first-order valence-electron chi connectivity index (χ1n) is 7.88. The van der Waals surface area contributed by atoms with Crippen molar-refractivity contribution in [1.29, 1.82) is 0 Å². The smallest absolute Gasteiger partial charge is 0.434 e. The molecule has 0 aromatic heterocycles. The molecule has 0 aliphatic rings. The minimum atomic E-state index is -0.515. The molecule has 0 unspecified atom stereocenters. The maximum atomic E-state index is 12.0. The van der Waals surface area contributed by atoms with Gasteiger partial charge >= 0.3 is 6.09 Å². The quantitative estimate of drug-likeness (QED) is 0.696. The highest BCUT2D eigenvalue weighted by molar-refractivity contribution is 5.94. The van der Waals surface area contributed by atoms with E-state index in [9.17, 15) is 4.79 Å². The van der Waals surface area contributed by atoms with E-state index in [2.05, 4.69) is 11.1 Å². The maximum Gasteiger partial charge on any atom is 0.434 e. The molecule has 0 saturated carbocycles. The summed E-state index contributed by atoms with van der Waals surface area (Å²) in [5, 5.41) is 2.30. The fourth-order valence-corrected chi connectivity index (χ4v) is 2.59. The van der Waals surface area contributed by atoms with Crippen LogP contribution in [0.4, 0.5) is 4.79 Å². The summed E-state index contributed by atoms with van der Waals surface area (Å²) in [6.45, 7) is 6.11. The van der Waals surface area contributed by atoms with Crippen molar-refractivity contribution in [2.24, 2.45) is 4.99 Å². The summed E-state index contributed by atoms with van der Waals surface area (Å²) in [6.07, 6.45) is 3.46. The maximum absolute atomic E-state index is 12.0. The number of rotatable bonds is 5. The van der Waals surface area contributed by atoms with Crippen LogP contribution in [0.15, 0.2) is 47.5 Å². The number of nitrogens with zero attached hydrogens (tertiary/aromatic N) is 1. The Morgan fingerprint density at radius 2 is 1.68 bits per heavy atom. The Hall–Kier alpha value is -2.16. The first-order valence-corrected chi connectivity index (χ1v) is 7.88. The van der Waals surface area contributed by atoms with E-state index in [1.165, 1.54) is 5.39 Å². The van der Waals surface area contributed by atoms with Gasteiger partial charge in [-0.1, -0.05) is 57.2 Å². The zero-order valence-corrected chi connectivity index (χ0v) is 13.5. The molecule has 3 nitrogen and oxygen atoms in total. The molecule has 0 N–H and O–H groups in total. The van der Waals surface area contributed by atoms with Crippen molar-refractivity contribution in [3.8, 4) is 0 Å². The highest BCUT2D eigenvalue weighted by atomic mass is 16.6. The zero-order chi connectivity index (χ0) is 16.0. The zero-order valence-electron chi connectivity index (χ0n) is 13.5. The van der Waals surface area contributed by atoms with Crippen molar-refractivity contribution in [2.75, 3.05) is 0 Å². The van der Waals surface area contributed by atoms with Gasteiger partial charge in [-0.15, -0.1) is 0 Å². The van der Waals surface area contributed by atoms with Crippen LogP contribution in [0, 0.1) is 0 Å². The largest absolute Gasteiger partial charge is 0.441 e. The number of hydrogen-bond donors (Lipinski definition) is 0. The lowest BCUT2D eigenvalue weighted by molar-refractivity contribution is 0.00742. The van der Waals surface area contributed by atoms with Gasteiger partial charge in [0.1, 0.15) is 5.60 Å². The number of hydrogen-bond acceptors (Lipinski definition) is 2. The molecule has 2 aromatic carbocycles. The van der Waals surface area contributed by atoms with E-state index in [1.54, 1.807) is 6.21 Å². The van der Waals surface area contributed by atoms with Crippen molar-refractivity contribution in [1.82, 2.24) is 0 Å². The molecule has 2 rings (SSSR count). The van der Waals surface area contributed by atoms with Gasteiger partial charge in [-0.2, -0.15) is 4.99 Å². The predicted molar refractivity (Wildman–Crippen MR) is 91.6 cm³/mol. The van der Waals surface area contributed by atoms with E-state index in [4.69, 9.17) is 4.74 Å². The minimum Gasteiger partial charge on any atom is -0.441 e. The molecule has 0 aliphatic heterocycles. The van der Waals surface area contributed by atoms with Gasteiger partial charge < -0.3 is 4.74 Å². The Labute approximate surface area is 132 Å². The summed E-state index contributed by atoms with van der Waals surface area (Å²) in [4.78, 5) is 15.9. The SMILES string of the molecule is CCC(CC)(CC)OC(=O)/N=C/c1ccc2ccccc2c1. The van der Waals surface area contributed by atoms with Crippen molar-refractivity contribution >= 4 is 23.1 Å². The monoisotopic (exact) mass is 297 g/mol. The number of carbonyl (C=O) groups is 1. The van der Waals surface area contributed by atoms with Crippen LogP contribution in [-0.4, -0.2) is 17.9 Å². The van der Waals surface area contributed by atoms with E-state index in [0.717, 1.165) is 30.2 Å². The number of benzene rings is 2. The van der Waals surface area contributed by atoms with Gasteiger partial charge in [0.25, 0.3) is 0 Å². The Kier molecular flexibility index (Phi) is 5.31. The molecule has 0 aliphatic carbocycles. The Bertz CT molecular complexity index is 664. The molecule has 0 saturated heterocycles. The number of ether oxygens (including phenoxy) is 1. The standard InChI is InChI=1S/C19H23NO2/c1-4-19(5-2,6-3)22-18(21)20-14-15-11-12-16-9-7-8-10-17(16)13-15/h7-14H,4-6H2,1-3H3/b20-14+. The normalized spacial score (nSPS) is 12.0. The summed E-state index contributed by atoms with van der Waals surface area (Å²) in [6, 6.07) is 14.1. The molecular weight excluding hydrogens is 274 g/mol. The molecule has 0 heterocycles. The van der Waals surface area contributed by atoms with E-state index in [0.29, 0.717) is 0 Å². The number of carbonyl (C=O) groups excluding carboxylic acids is 1. The van der Waals surface area contributed by atoms with Gasteiger partial charge in [0.2, 0.25) is 0 Å². The Morgan fingerprint density at radius 1 is 1.05 bits per heavy atom. The van der Waals surface area contributed by atoms with Crippen molar-refractivity contribution in [3.63, 3.8) is 0 Å². The lowest BCUT2D eigenvalue weighted by Gasteiger charge is -2.29. The predicted octanol–water partition coefficient (Wildman–Crippen LogP) is 5.36. The van der Waals surface area contributed by atoms with E-state index < -0.39 is 11.7 Å². The van der Waals surface area contributed by atoms with Crippen LogP contribution in [0.5, 0.6) is 0 Å².